The topological polar surface area (TPSA) is 82.7 Å². The summed E-state index contributed by atoms with van der Waals surface area (Å²) in [6.07, 6.45) is 2.97. The fraction of sp³-hybridized carbons (Fsp3) is 0.259. The van der Waals surface area contributed by atoms with E-state index in [0.29, 0.717) is 29.2 Å². The van der Waals surface area contributed by atoms with Crippen molar-refractivity contribution in [3.8, 4) is 5.75 Å². The number of rotatable bonds is 8. The highest BCUT2D eigenvalue weighted by Crippen LogP contribution is 2.28. The number of hydrogen-bond donors (Lipinski definition) is 3. The van der Waals surface area contributed by atoms with Crippen LogP contribution < -0.4 is 25.6 Å². The number of benzene rings is 3. The van der Waals surface area contributed by atoms with Crippen molar-refractivity contribution in [2.45, 2.75) is 19.3 Å². The summed E-state index contributed by atoms with van der Waals surface area (Å²) in [4.78, 5) is 27.9. The predicted octanol–water partition coefficient (Wildman–Crippen LogP) is 4.91. The Balaban J connectivity index is 1.46. The van der Waals surface area contributed by atoms with Gasteiger partial charge in [0.25, 0.3) is 5.91 Å². The van der Waals surface area contributed by atoms with E-state index in [9.17, 15) is 9.59 Å². The summed E-state index contributed by atoms with van der Waals surface area (Å²) in [7, 11) is 1.58. The molecule has 34 heavy (non-hydrogen) atoms. The molecule has 3 aromatic rings. The maximum atomic E-state index is 13.1. The number of amides is 3. The Hall–Kier alpha value is -4.00. The lowest BCUT2D eigenvalue weighted by molar-refractivity contribution is 0.0954. The SMILES string of the molecule is COc1cccc(NC(=O)Nc2ccc(N3CCCC3)c(C(=O)NCCc3ccccc3)c2)c1. The summed E-state index contributed by atoms with van der Waals surface area (Å²) >= 11 is 0. The summed E-state index contributed by atoms with van der Waals surface area (Å²) < 4.78 is 5.20. The average Bonchev–Trinajstić information content (AvgIpc) is 3.39. The van der Waals surface area contributed by atoms with Crippen LogP contribution in [0.3, 0.4) is 0 Å². The van der Waals surface area contributed by atoms with Crippen LogP contribution >= 0.6 is 0 Å². The van der Waals surface area contributed by atoms with Crippen molar-refractivity contribution in [2.24, 2.45) is 0 Å². The third kappa shape index (κ3) is 6.07. The molecule has 0 bridgehead atoms. The third-order valence-electron chi connectivity index (χ3n) is 5.82. The first-order valence-corrected chi connectivity index (χ1v) is 11.6. The number of nitrogens with zero attached hydrogens (tertiary/aromatic N) is 1. The summed E-state index contributed by atoms with van der Waals surface area (Å²) in [5, 5.41) is 8.67. The molecule has 176 valence electrons. The molecule has 0 aromatic heterocycles. The minimum Gasteiger partial charge on any atom is -0.497 e. The summed E-state index contributed by atoms with van der Waals surface area (Å²) in [5.41, 5.74) is 3.80. The molecule has 1 heterocycles. The van der Waals surface area contributed by atoms with Crippen molar-refractivity contribution in [3.63, 3.8) is 0 Å². The molecule has 3 aromatic carbocycles. The largest absolute Gasteiger partial charge is 0.497 e. The molecule has 0 aliphatic carbocycles. The average molecular weight is 459 g/mol. The van der Waals surface area contributed by atoms with Gasteiger partial charge in [-0.15, -0.1) is 0 Å². The highest BCUT2D eigenvalue weighted by atomic mass is 16.5. The number of ether oxygens (including phenoxy) is 1. The van der Waals surface area contributed by atoms with Crippen LogP contribution in [0.4, 0.5) is 21.9 Å². The molecular weight excluding hydrogens is 428 g/mol. The van der Waals surface area contributed by atoms with Gasteiger partial charge in [-0.3, -0.25) is 4.79 Å². The highest BCUT2D eigenvalue weighted by Gasteiger charge is 2.20. The maximum absolute atomic E-state index is 13.1. The molecule has 1 saturated heterocycles. The standard InChI is InChI=1S/C27H30N4O3/c1-34-23-11-7-10-21(18-23)29-27(33)30-22-12-13-25(31-16-5-6-17-31)24(19-22)26(32)28-15-14-20-8-3-2-4-9-20/h2-4,7-13,18-19H,5-6,14-17H2,1H3,(H,28,32)(H2,29,30,33). The molecule has 1 aliphatic heterocycles. The summed E-state index contributed by atoms with van der Waals surface area (Å²) in [6, 6.07) is 22.3. The lowest BCUT2D eigenvalue weighted by atomic mass is 10.1. The molecular formula is C27H30N4O3. The quantitative estimate of drug-likeness (QED) is 0.448. The van der Waals surface area contributed by atoms with E-state index in [1.165, 1.54) is 5.56 Å². The molecule has 3 N–H and O–H groups in total. The number of anilines is 3. The second-order valence-corrected chi connectivity index (χ2v) is 8.23. The molecule has 7 nitrogen and oxygen atoms in total. The Kier molecular flexibility index (Phi) is 7.65. The van der Waals surface area contributed by atoms with Crippen molar-refractivity contribution in [1.82, 2.24) is 5.32 Å². The van der Waals surface area contributed by atoms with Crippen molar-refractivity contribution in [1.29, 1.82) is 0 Å². The maximum Gasteiger partial charge on any atom is 0.323 e. The van der Waals surface area contributed by atoms with Crippen LogP contribution in [-0.2, 0) is 6.42 Å². The molecule has 0 radical (unpaired) electrons. The van der Waals surface area contributed by atoms with E-state index < -0.39 is 6.03 Å². The van der Waals surface area contributed by atoms with Gasteiger partial charge in [0.2, 0.25) is 0 Å². The van der Waals surface area contributed by atoms with Gasteiger partial charge in [0, 0.05) is 42.8 Å². The predicted molar refractivity (Wildman–Crippen MR) is 136 cm³/mol. The first kappa shape index (κ1) is 23.2. The molecule has 7 heteroatoms. The Morgan fingerprint density at radius 1 is 0.882 bits per heavy atom. The lowest BCUT2D eigenvalue weighted by Gasteiger charge is -2.22. The van der Waals surface area contributed by atoms with Gasteiger partial charge < -0.3 is 25.6 Å². The summed E-state index contributed by atoms with van der Waals surface area (Å²) in [5.74, 6) is 0.511. The monoisotopic (exact) mass is 458 g/mol. The van der Waals surface area contributed by atoms with Gasteiger partial charge in [0.15, 0.2) is 0 Å². The molecule has 0 atom stereocenters. The van der Waals surface area contributed by atoms with Crippen LogP contribution in [0.15, 0.2) is 72.8 Å². The zero-order chi connectivity index (χ0) is 23.8. The third-order valence-corrected chi connectivity index (χ3v) is 5.82. The van der Waals surface area contributed by atoms with Crippen molar-refractivity contribution in [3.05, 3.63) is 83.9 Å². The van der Waals surface area contributed by atoms with Crippen LogP contribution in [0.5, 0.6) is 5.75 Å². The number of urea groups is 1. The lowest BCUT2D eigenvalue weighted by Crippen LogP contribution is -2.29. The van der Waals surface area contributed by atoms with Gasteiger partial charge in [-0.1, -0.05) is 36.4 Å². The fourth-order valence-electron chi connectivity index (χ4n) is 4.08. The minimum atomic E-state index is -0.391. The van der Waals surface area contributed by atoms with Gasteiger partial charge >= 0.3 is 6.03 Å². The molecule has 0 spiro atoms. The Bertz CT molecular complexity index is 1130. The highest BCUT2D eigenvalue weighted by molar-refractivity contribution is 6.04. The van der Waals surface area contributed by atoms with Crippen LogP contribution in [0.2, 0.25) is 0 Å². The van der Waals surface area contributed by atoms with Gasteiger partial charge in [-0.05, 0) is 55.2 Å². The van der Waals surface area contributed by atoms with E-state index in [2.05, 4.69) is 20.9 Å². The van der Waals surface area contributed by atoms with Crippen molar-refractivity contribution >= 4 is 29.0 Å². The van der Waals surface area contributed by atoms with E-state index in [1.807, 2.05) is 48.5 Å². The van der Waals surface area contributed by atoms with Crippen LogP contribution in [0.1, 0.15) is 28.8 Å². The van der Waals surface area contributed by atoms with E-state index in [1.54, 1.807) is 31.4 Å². The van der Waals surface area contributed by atoms with Gasteiger partial charge in [-0.25, -0.2) is 4.79 Å². The number of carbonyl (C=O) groups is 2. The van der Waals surface area contributed by atoms with E-state index in [-0.39, 0.29) is 5.91 Å². The van der Waals surface area contributed by atoms with Gasteiger partial charge in [0.1, 0.15) is 5.75 Å². The van der Waals surface area contributed by atoms with Gasteiger partial charge in [0.05, 0.1) is 12.7 Å². The molecule has 0 unspecified atom stereocenters. The molecule has 0 saturated carbocycles. The minimum absolute atomic E-state index is 0.144. The van der Waals surface area contributed by atoms with Gasteiger partial charge in [-0.2, -0.15) is 0 Å². The van der Waals surface area contributed by atoms with Crippen LogP contribution in [0, 0.1) is 0 Å². The second kappa shape index (κ2) is 11.2. The number of carbonyl (C=O) groups excluding carboxylic acids is 2. The van der Waals surface area contributed by atoms with E-state index in [4.69, 9.17) is 4.74 Å². The first-order chi connectivity index (χ1) is 16.6. The molecule has 1 aliphatic rings. The number of hydrogen-bond acceptors (Lipinski definition) is 4. The number of nitrogens with one attached hydrogen (secondary N) is 3. The molecule has 4 rings (SSSR count). The number of methoxy groups -OCH3 is 1. The van der Waals surface area contributed by atoms with Crippen LogP contribution in [0.25, 0.3) is 0 Å². The van der Waals surface area contributed by atoms with E-state index >= 15 is 0 Å². The van der Waals surface area contributed by atoms with Crippen molar-refractivity contribution in [2.75, 3.05) is 42.3 Å². The van der Waals surface area contributed by atoms with Crippen molar-refractivity contribution < 1.29 is 14.3 Å². The Morgan fingerprint density at radius 2 is 1.62 bits per heavy atom. The van der Waals surface area contributed by atoms with E-state index in [0.717, 1.165) is 38.0 Å². The Morgan fingerprint density at radius 3 is 2.35 bits per heavy atom. The fourth-order valence-corrected chi connectivity index (χ4v) is 4.08. The first-order valence-electron chi connectivity index (χ1n) is 11.6. The zero-order valence-electron chi connectivity index (χ0n) is 19.3. The molecule has 3 amide bonds. The zero-order valence-corrected chi connectivity index (χ0v) is 19.3. The molecule has 1 fully saturated rings. The second-order valence-electron chi connectivity index (χ2n) is 8.23. The normalized spacial score (nSPS) is 12.8. The summed E-state index contributed by atoms with van der Waals surface area (Å²) in [6.45, 7) is 2.39. The Labute approximate surface area is 200 Å². The van der Waals surface area contributed by atoms with Crippen LogP contribution in [-0.4, -0.2) is 38.7 Å². The smallest absolute Gasteiger partial charge is 0.323 e.